The zero-order chi connectivity index (χ0) is 18.5. The summed E-state index contributed by atoms with van der Waals surface area (Å²) in [6.45, 7) is 8.20. The van der Waals surface area contributed by atoms with E-state index in [9.17, 15) is 9.59 Å². The van der Waals surface area contributed by atoms with Crippen molar-refractivity contribution in [2.45, 2.75) is 26.3 Å². The topological polar surface area (TPSA) is 87.3 Å². The van der Waals surface area contributed by atoms with Crippen molar-refractivity contribution in [1.82, 2.24) is 20.4 Å². The van der Waals surface area contributed by atoms with Crippen LogP contribution in [0.15, 0.2) is 29.1 Å². The molecule has 2 heterocycles. The highest BCUT2D eigenvalue weighted by atomic mass is 16.5. The lowest BCUT2D eigenvalue weighted by atomic mass is 10.0. The maximum Gasteiger partial charge on any atom is 0.272 e. The van der Waals surface area contributed by atoms with Crippen molar-refractivity contribution in [3.8, 4) is 0 Å². The van der Waals surface area contributed by atoms with Crippen molar-refractivity contribution in [3.63, 3.8) is 0 Å². The number of morpholine rings is 1. The average Bonchev–Trinajstić information content (AvgIpc) is 2.65. The molecule has 1 amide bonds. The number of hydrogen-bond acceptors (Lipinski definition) is 5. The summed E-state index contributed by atoms with van der Waals surface area (Å²) >= 11 is 0. The summed E-state index contributed by atoms with van der Waals surface area (Å²) in [6, 6.07) is 7.49. The first-order valence-electron chi connectivity index (χ1n) is 9.11. The average molecular weight is 358 g/mol. The van der Waals surface area contributed by atoms with Gasteiger partial charge in [-0.05, 0) is 12.0 Å². The molecule has 0 spiro atoms. The molecule has 26 heavy (non-hydrogen) atoms. The third-order valence-electron chi connectivity index (χ3n) is 4.90. The third-order valence-corrected chi connectivity index (χ3v) is 4.90. The van der Waals surface area contributed by atoms with Crippen LogP contribution in [0.2, 0.25) is 0 Å². The van der Waals surface area contributed by atoms with Gasteiger partial charge in [-0.2, -0.15) is 5.10 Å². The Kier molecular flexibility index (Phi) is 6.00. The zero-order valence-corrected chi connectivity index (χ0v) is 15.3. The third kappa shape index (κ3) is 4.28. The summed E-state index contributed by atoms with van der Waals surface area (Å²) in [5, 5.41) is 10.9. The Hall–Kier alpha value is -2.25. The van der Waals surface area contributed by atoms with E-state index in [4.69, 9.17) is 4.74 Å². The number of amides is 1. The van der Waals surface area contributed by atoms with Crippen molar-refractivity contribution in [2.75, 3.05) is 32.8 Å². The van der Waals surface area contributed by atoms with Crippen LogP contribution in [-0.4, -0.2) is 59.9 Å². The number of H-pyrrole nitrogens is 1. The predicted molar refractivity (Wildman–Crippen MR) is 100 cm³/mol. The number of hydrogen-bond donors (Lipinski definition) is 2. The number of carbonyl (C=O) groups excluding carboxylic acids is 1. The quantitative estimate of drug-likeness (QED) is 0.802. The van der Waals surface area contributed by atoms with E-state index in [0.29, 0.717) is 23.5 Å². The maximum absolute atomic E-state index is 12.5. The fourth-order valence-corrected chi connectivity index (χ4v) is 3.43. The van der Waals surface area contributed by atoms with Gasteiger partial charge in [0, 0.05) is 31.1 Å². The lowest BCUT2D eigenvalue weighted by molar-refractivity contribution is -0.120. The molecule has 1 aromatic carbocycles. The molecule has 1 aliphatic heterocycles. The minimum atomic E-state index is -0.239. The molecular formula is C19H26N4O3. The van der Waals surface area contributed by atoms with Crippen molar-refractivity contribution >= 4 is 16.7 Å². The molecule has 7 nitrogen and oxygen atoms in total. The van der Waals surface area contributed by atoms with Gasteiger partial charge >= 0.3 is 0 Å². The first kappa shape index (κ1) is 18.5. The molecule has 140 valence electrons. The molecule has 7 heteroatoms. The van der Waals surface area contributed by atoms with Gasteiger partial charge in [-0.15, -0.1) is 0 Å². The highest BCUT2D eigenvalue weighted by Crippen LogP contribution is 2.14. The number of carbonyl (C=O) groups is 1. The van der Waals surface area contributed by atoms with E-state index >= 15 is 0 Å². The molecule has 1 aromatic heterocycles. The van der Waals surface area contributed by atoms with Gasteiger partial charge in [-0.1, -0.05) is 32.0 Å². The summed E-state index contributed by atoms with van der Waals surface area (Å²) in [5.74, 6) is 0.342. The molecule has 0 saturated carbocycles. The molecule has 1 saturated heterocycles. The van der Waals surface area contributed by atoms with Gasteiger partial charge in [0.1, 0.15) is 0 Å². The second kappa shape index (κ2) is 8.42. The van der Waals surface area contributed by atoms with Crippen LogP contribution >= 0.6 is 0 Å². The predicted octanol–water partition coefficient (Wildman–Crippen LogP) is 0.939. The smallest absolute Gasteiger partial charge is 0.272 e. The van der Waals surface area contributed by atoms with Crippen LogP contribution in [0, 0.1) is 5.92 Å². The van der Waals surface area contributed by atoms with Gasteiger partial charge in [0.25, 0.3) is 5.56 Å². The number of rotatable bonds is 6. The number of aromatic amines is 1. The monoisotopic (exact) mass is 358 g/mol. The summed E-state index contributed by atoms with van der Waals surface area (Å²) in [7, 11) is 0. The van der Waals surface area contributed by atoms with E-state index in [1.54, 1.807) is 12.1 Å². The normalized spacial score (nSPS) is 16.7. The number of benzene rings is 1. The van der Waals surface area contributed by atoms with Crippen LogP contribution < -0.4 is 10.9 Å². The second-order valence-corrected chi connectivity index (χ2v) is 6.99. The largest absolute Gasteiger partial charge is 0.379 e. The Morgan fingerprint density at radius 1 is 1.27 bits per heavy atom. The SMILES string of the molecule is CC(C)[C@@H](CNC(=O)Cc1n[nH]c(=O)c2ccccc12)N1CCOCC1. The first-order valence-corrected chi connectivity index (χ1v) is 9.11. The molecule has 2 aromatic rings. The summed E-state index contributed by atoms with van der Waals surface area (Å²) in [4.78, 5) is 26.7. The molecule has 1 fully saturated rings. The van der Waals surface area contributed by atoms with E-state index < -0.39 is 0 Å². The molecule has 0 bridgehead atoms. The standard InChI is InChI=1S/C19H26N4O3/c1-13(2)17(23-7-9-26-10-8-23)12-20-18(24)11-16-14-5-3-4-6-15(14)19(25)22-21-16/h3-6,13,17H,7-12H2,1-2H3,(H,20,24)(H,22,25)/t17-/m1/s1. The van der Waals surface area contributed by atoms with Crippen LogP contribution in [0.1, 0.15) is 19.5 Å². The maximum atomic E-state index is 12.5. The molecular weight excluding hydrogens is 332 g/mol. The molecule has 2 N–H and O–H groups in total. The Bertz CT molecular complexity index is 812. The van der Waals surface area contributed by atoms with Gasteiger partial charge in [-0.3, -0.25) is 14.5 Å². The summed E-state index contributed by atoms with van der Waals surface area (Å²) in [5.41, 5.74) is 0.349. The van der Waals surface area contributed by atoms with Crippen molar-refractivity contribution in [3.05, 3.63) is 40.3 Å². The van der Waals surface area contributed by atoms with Crippen LogP contribution in [0.3, 0.4) is 0 Å². The minimum Gasteiger partial charge on any atom is -0.379 e. The van der Waals surface area contributed by atoms with E-state index in [1.807, 2.05) is 12.1 Å². The number of nitrogens with one attached hydrogen (secondary N) is 2. The van der Waals surface area contributed by atoms with Gasteiger partial charge in [0.2, 0.25) is 5.91 Å². The zero-order valence-electron chi connectivity index (χ0n) is 15.3. The van der Waals surface area contributed by atoms with E-state index in [1.165, 1.54) is 0 Å². The van der Waals surface area contributed by atoms with Crippen molar-refractivity contribution in [2.24, 2.45) is 5.92 Å². The number of nitrogens with zero attached hydrogens (tertiary/aromatic N) is 2. The van der Waals surface area contributed by atoms with Crippen LogP contribution in [0.25, 0.3) is 10.8 Å². The molecule has 0 radical (unpaired) electrons. The van der Waals surface area contributed by atoms with Crippen LogP contribution in [0.5, 0.6) is 0 Å². The van der Waals surface area contributed by atoms with Gasteiger partial charge < -0.3 is 10.1 Å². The van der Waals surface area contributed by atoms with E-state index in [-0.39, 0.29) is 23.9 Å². The number of fused-ring (bicyclic) bond motifs is 1. The van der Waals surface area contributed by atoms with E-state index in [0.717, 1.165) is 31.7 Å². The molecule has 0 unspecified atom stereocenters. The van der Waals surface area contributed by atoms with Gasteiger partial charge in [0.05, 0.1) is 30.7 Å². The number of aromatic nitrogens is 2. The molecule has 0 aliphatic carbocycles. The van der Waals surface area contributed by atoms with Crippen molar-refractivity contribution in [1.29, 1.82) is 0 Å². The Morgan fingerprint density at radius 3 is 2.65 bits per heavy atom. The molecule has 3 rings (SSSR count). The lowest BCUT2D eigenvalue weighted by Gasteiger charge is -2.36. The molecule has 1 atom stereocenters. The summed E-state index contributed by atoms with van der Waals surface area (Å²) in [6.07, 6.45) is 0.144. The van der Waals surface area contributed by atoms with Gasteiger partial charge in [-0.25, -0.2) is 5.10 Å². The summed E-state index contributed by atoms with van der Waals surface area (Å²) < 4.78 is 5.42. The van der Waals surface area contributed by atoms with Crippen molar-refractivity contribution < 1.29 is 9.53 Å². The highest BCUT2D eigenvalue weighted by molar-refractivity contribution is 5.88. The van der Waals surface area contributed by atoms with Crippen LogP contribution in [-0.2, 0) is 16.0 Å². The fraction of sp³-hybridized carbons (Fsp3) is 0.526. The van der Waals surface area contributed by atoms with Gasteiger partial charge in [0.15, 0.2) is 0 Å². The van der Waals surface area contributed by atoms with E-state index in [2.05, 4.69) is 34.3 Å². The first-order chi connectivity index (χ1) is 12.6. The fourth-order valence-electron chi connectivity index (χ4n) is 3.43. The molecule has 1 aliphatic rings. The Morgan fingerprint density at radius 2 is 1.96 bits per heavy atom. The Labute approximate surface area is 152 Å². The Balaban J connectivity index is 1.65. The second-order valence-electron chi connectivity index (χ2n) is 6.99. The highest BCUT2D eigenvalue weighted by Gasteiger charge is 2.24. The lowest BCUT2D eigenvalue weighted by Crippen LogP contribution is -2.51. The van der Waals surface area contributed by atoms with Crippen LogP contribution in [0.4, 0.5) is 0 Å². The number of ether oxygens (including phenoxy) is 1. The minimum absolute atomic E-state index is 0.0892.